The molecule has 2 aliphatic heterocycles. The van der Waals surface area contributed by atoms with Gasteiger partial charge in [-0.3, -0.25) is 4.79 Å². The summed E-state index contributed by atoms with van der Waals surface area (Å²) in [6, 6.07) is 4.24. The number of alkyl halides is 3. The fourth-order valence-electron chi connectivity index (χ4n) is 5.70. The number of piperidine rings is 1. The Balaban J connectivity index is 1.30. The second-order valence-corrected chi connectivity index (χ2v) is 12.2. The van der Waals surface area contributed by atoms with E-state index in [9.17, 15) is 18.0 Å². The number of halogens is 5. The van der Waals surface area contributed by atoms with E-state index in [1.54, 1.807) is 25.1 Å². The van der Waals surface area contributed by atoms with Crippen LogP contribution in [0.3, 0.4) is 0 Å². The first kappa shape index (κ1) is 29.8. The number of aromatic nitrogens is 4. The average Bonchev–Trinajstić information content (AvgIpc) is 3.27. The van der Waals surface area contributed by atoms with Gasteiger partial charge >= 0.3 is 6.18 Å². The number of hydrogen-bond donors (Lipinski definition) is 1. The molecule has 0 unspecified atom stereocenters. The molecule has 2 saturated heterocycles. The SMILES string of the molecule is CC(C)C(=O)NCCN1CCC[C@H](C2CN(c3cnc4c(C(F)(F)F)nn([C@H](C)c5ccc(Cl)cc5Cl)c4n3)C2)C1. The van der Waals surface area contributed by atoms with Crippen molar-refractivity contribution in [3.8, 4) is 0 Å². The molecular formula is C28H34Cl2F3N7O. The van der Waals surface area contributed by atoms with Crippen LogP contribution in [-0.2, 0) is 11.0 Å². The van der Waals surface area contributed by atoms with Gasteiger partial charge in [0, 0.05) is 48.7 Å². The van der Waals surface area contributed by atoms with Gasteiger partial charge in [-0.1, -0.05) is 43.1 Å². The number of amides is 1. The Morgan fingerprint density at radius 1 is 1.15 bits per heavy atom. The summed E-state index contributed by atoms with van der Waals surface area (Å²) in [7, 11) is 0. The van der Waals surface area contributed by atoms with Gasteiger partial charge in [0.1, 0.15) is 11.3 Å². The highest BCUT2D eigenvalue weighted by Crippen LogP contribution is 2.38. The minimum Gasteiger partial charge on any atom is -0.355 e. The number of hydrogen-bond acceptors (Lipinski definition) is 6. The molecule has 4 heterocycles. The number of rotatable bonds is 8. The summed E-state index contributed by atoms with van der Waals surface area (Å²) in [5, 5.41) is 7.67. The molecule has 0 spiro atoms. The van der Waals surface area contributed by atoms with Crippen LogP contribution in [0.1, 0.15) is 50.9 Å². The van der Waals surface area contributed by atoms with Gasteiger partial charge in [-0.2, -0.15) is 18.3 Å². The van der Waals surface area contributed by atoms with E-state index in [0.717, 1.165) is 45.6 Å². The Bertz CT molecular complexity index is 1410. The van der Waals surface area contributed by atoms with Crippen LogP contribution in [-0.4, -0.2) is 69.8 Å². The van der Waals surface area contributed by atoms with Crippen LogP contribution in [0.15, 0.2) is 24.4 Å². The Labute approximate surface area is 247 Å². The highest BCUT2D eigenvalue weighted by atomic mass is 35.5. The lowest BCUT2D eigenvalue weighted by atomic mass is 9.80. The molecule has 2 aliphatic rings. The second-order valence-electron chi connectivity index (χ2n) is 11.3. The van der Waals surface area contributed by atoms with Crippen LogP contribution < -0.4 is 10.2 Å². The molecule has 0 saturated carbocycles. The maximum Gasteiger partial charge on any atom is 0.437 e. The molecule has 1 amide bonds. The van der Waals surface area contributed by atoms with Gasteiger partial charge in [-0.25, -0.2) is 14.6 Å². The zero-order valence-electron chi connectivity index (χ0n) is 23.3. The molecule has 222 valence electrons. The number of nitrogens with one attached hydrogen (secondary N) is 1. The monoisotopic (exact) mass is 611 g/mol. The third-order valence-corrected chi connectivity index (χ3v) is 8.69. The van der Waals surface area contributed by atoms with E-state index in [2.05, 4.69) is 30.2 Å². The molecule has 5 rings (SSSR count). The summed E-state index contributed by atoms with van der Waals surface area (Å²) >= 11 is 12.4. The van der Waals surface area contributed by atoms with E-state index in [0.29, 0.717) is 39.8 Å². The van der Waals surface area contributed by atoms with Crippen molar-refractivity contribution in [1.82, 2.24) is 30.0 Å². The van der Waals surface area contributed by atoms with Gasteiger partial charge in [0.2, 0.25) is 5.91 Å². The number of fused-ring (bicyclic) bond motifs is 1. The van der Waals surface area contributed by atoms with Crippen molar-refractivity contribution < 1.29 is 18.0 Å². The third-order valence-electron chi connectivity index (χ3n) is 8.13. The molecular weight excluding hydrogens is 578 g/mol. The topological polar surface area (TPSA) is 79.2 Å². The van der Waals surface area contributed by atoms with Crippen molar-refractivity contribution >= 4 is 46.1 Å². The molecule has 2 atom stereocenters. The summed E-state index contributed by atoms with van der Waals surface area (Å²) in [6.07, 6.45) is -1.03. The number of benzene rings is 1. The van der Waals surface area contributed by atoms with Gasteiger partial charge in [-0.15, -0.1) is 0 Å². The molecule has 1 aromatic carbocycles. The quantitative estimate of drug-likeness (QED) is 0.353. The molecule has 2 aromatic heterocycles. The fraction of sp³-hybridized carbons (Fsp3) is 0.571. The van der Waals surface area contributed by atoms with Crippen molar-refractivity contribution in [1.29, 1.82) is 0 Å². The van der Waals surface area contributed by atoms with Gasteiger partial charge in [0.15, 0.2) is 11.3 Å². The number of anilines is 1. The Hall–Kier alpha value is -2.63. The van der Waals surface area contributed by atoms with E-state index in [1.807, 2.05) is 13.8 Å². The van der Waals surface area contributed by atoms with Crippen molar-refractivity contribution in [3.63, 3.8) is 0 Å². The smallest absolute Gasteiger partial charge is 0.355 e. The van der Waals surface area contributed by atoms with Crippen molar-refractivity contribution in [2.75, 3.05) is 44.2 Å². The molecule has 0 aliphatic carbocycles. The van der Waals surface area contributed by atoms with E-state index < -0.39 is 17.9 Å². The van der Waals surface area contributed by atoms with Crippen LogP contribution in [0.25, 0.3) is 11.2 Å². The van der Waals surface area contributed by atoms with E-state index >= 15 is 0 Å². The fourth-order valence-corrected chi connectivity index (χ4v) is 6.27. The van der Waals surface area contributed by atoms with Crippen LogP contribution in [0.2, 0.25) is 10.0 Å². The maximum absolute atomic E-state index is 13.9. The minimum atomic E-state index is -4.69. The number of nitrogens with zero attached hydrogens (tertiary/aromatic N) is 6. The number of carbonyl (C=O) groups excluding carboxylic acids is 1. The van der Waals surface area contributed by atoms with Crippen LogP contribution >= 0.6 is 23.2 Å². The highest BCUT2D eigenvalue weighted by molar-refractivity contribution is 6.35. The zero-order chi connectivity index (χ0) is 29.5. The predicted octanol–water partition coefficient (Wildman–Crippen LogP) is 5.68. The van der Waals surface area contributed by atoms with Crippen molar-refractivity contribution in [3.05, 3.63) is 45.7 Å². The summed E-state index contributed by atoms with van der Waals surface area (Å²) in [5.74, 6) is 1.56. The largest absolute Gasteiger partial charge is 0.437 e. The Kier molecular flexibility index (Phi) is 8.69. The first-order chi connectivity index (χ1) is 19.4. The standard InChI is InChI=1S/C28H34Cl2F3N7O/c1-16(2)27(41)34-8-10-38-9-4-5-18(13-38)19-14-39(15-19)23-12-35-24-25(28(31,32)33)37-40(26(24)36-23)17(3)21-7-6-20(29)11-22(21)30/h6-7,11-12,16-19H,4-5,8-10,13-15H2,1-3H3,(H,34,41)/t17-,18+/m1/s1. The second kappa shape index (κ2) is 11.9. The highest BCUT2D eigenvalue weighted by Gasteiger charge is 2.40. The van der Waals surface area contributed by atoms with Crippen LogP contribution in [0.4, 0.5) is 19.0 Å². The number of carbonyl (C=O) groups is 1. The normalized spacial score (nSPS) is 19.5. The lowest BCUT2D eigenvalue weighted by molar-refractivity contribution is -0.140. The van der Waals surface area contributed by atoms with Gasteiger partial charge in [-0.05, 0) is 55.8 Å². The lowest BCUT2D eigenvalue weighted by Gasteiger charge is -2.47. The van der Waals surface area contributed by atoms with E-state index in [-0.39, 0.29) is 23.0 Å². The molecule has 8 nitrogen and oxygen atoms in total. The summed E-state index contributed by atoms with van der Waals surface area (Å²) in [5.41, 5.74) is -0.722. The zero-order valence-corrected chi connectivity index (χ0v) is 24.8. The minimum absolute atomic E-state index is 0.0236. The molecule has 2 fully saturated rings. The summed E-state index contributed by atoms with van der Waals surface area (Å²) < 4.78 is 42.9. The van der Waals surface area contributed by atoms with Gasteiger partial charge in [0.25, 0.3) is 0 Å². The van der Waals surface area contributed by atoms with Crippen molar-refractivity contribution in [2.24, 2.45) is 17.8 Å². The van der Waals surface area contributed by atoms with Gasteiger partial charge < -0.3 is 15.1 Å². The number of likely N-dealkylation sites (tertiary alicyclic amines) is 1. The Morgan fingerprint density at radius 2 is 1.90 bits per heavy atom. The molecule has 3 aromatic rings. The first-order valence-corrected chi connectivity index (χ1v) is 14.7. The summed E-state index contributed by atoms with van der Waals surface area (Å²) in [4.78, 5) is 25.1. The molecule has 13 heteroatoms. The Morgan fingerprint density at radius 3 is 2.59 bits per heavy atom. The van der Waals surface area contributed by atoms with Gasteiger partial charge in [0.05, 0.1) is 12.2 Å². The first-order valence-electron chi connectivity index (χ1n) is 13.9. The van der Waals surface area contributed by atoms with Crippen LogP contribution in [0.5, 0.6) is 0 Å². The molecule has 41 heavy (non-hydrogen) atoms. The molecule has 0 radical (unpaired) electrons. The third kappa shape index (κ3) is 6.41. The molecule has 0 bridgehead atoms. The van der Waals surface area contributed by atoms with Crippen molar-refractivity contribution in [2.45, 2.75) is 45.8 Å². The maximum atomic E-state index is 13.9. The molecule has 1 N–H and O–H groups in total. The van der Waals surface area contributed by atoms with E-state index in [1.165, 1.54) is 10.9 Å². The van der Waals surface area contributed by atoms with E-state index in [4.69, 9.17) is 23.2 Å². The predicted molar refractivity (Wildman–Crippen MR) is 153 cm³/mol. The lowest BCUT2D eigenvalue weighted by Crippen LogP contribution is -2.54. The average molecular weight is 613 g/mol. The van der Waals surface area contributed by atoms with Crippen LogP contribution in [0, 0.1) is 17.8 Å². The summed E-state index contributed by atoms with van der Waals surface area (Å²) in [6.45, 7) is 10.5.